The summed E-state index contributed by atoms with van der Waals surface area (Å²) < 4.78 is 0. The first-order chi connectivity index (χ1) is 11.6. The lowest BCUT2D eigenvalue weighted by Gasteiger charge is -2.15. The van der Waals surface area contributed by atoms with Gasteiger partial charge in [0.05, 0.1) is 0 Å². The van der Waals surface area contributed by atoms with Crippen LogP contribution in [0.25, 0.3) is 0 Å². The van der Waals surface area contributed by atoms with Crippen LogP contribution in [0.4, 0.5) is 0 Å². The zero-order chi connectivity index (χ0) is 17.8. The van der Waals surface area contributed by atoms with Gasteiger partial charge in [-0.05, 0) is 38.2 Å². The molecule has 0 aliphatic heterocycles. The van der Waals surface area contributed by atoms with Crippen LogP contribution in [0.2, 0.25) is 0 Å². The number of aliphatic hydroxyl groups excluding tert-OH is 1. The monoisotopic (exact) mass is 334 g/mol. The molecule has 1 aliphatic carbocycles. The van der Waals surface area contributed by atoms with Crippen molar-refractivity contribution in [2.24, 2.45) is 11.8 Å². The van der Waals surface area contributed by atoms with Crippen LogP contribution in [-0.4, -0.2) is 28.1 Å². The second-order valence-corrected chi connectivity index (χ2v) is 6.32. The summed E-state index contributed by atoms with van der Waals surface area (Å²) in [5, 5.41) is 17.8. The minimum absolute atomic E-state index is 0.0248. The molecule has 134 valence electrons. The Balaban J connectivity index is 2.26. The average Bonchev–Trinajstić information content (AvgIpc) is 2.90. The molecule has 4 nitrogen and oxygen atoms in total. The van der Waals surface area contributed by atoms with Crippen LogP contribution in [0, 0.1) is 11.8 Å². The third-order valence-corrected chi connectivity index (χ3v) is 4.35. The maximum Gasteiger partial charge on any atom is 0.332 e. The second kappa shape index (κ2) is 11.8. The van der Waals surface area contributed by atoms with E-state index in [1.807, 2.05) is 6.08 Å². The summed E-state index contributed by atoms with van der Waals surface area (Å²) in [7, 11) is 0. The van der Waals surface area contributed by atoms with E-state index in [0.717, 1.165) is 38.5 Å². The first kappa shape index (κ1) is 20.4. The Morgan fingerprint density at radius 2 is 1.96 bits per heavy atom. The van der Waals surface area contributed by atoms with Crippen molar-refractivity contribution in [1.82, 2.24) is 0 Å². The van der Waals surface area contributed by atoms with Gasteiger partial charge in [-0.2, -0.15) is 0 Å². The van der Waals surface area contributed by atoms with E-state index in [0.29, 0.717) is 6.42 Å². The molecular weight excluding hydrogens is 304 g/mol. The van der Waals surface area contributed by atoms with Crippen LogP contribution < -0.4 is 0 Å². The molecule has 0 aromatic heterocycles. The van der Waals surface area contributed by atoms with Crippen LogP contribution in [0.15, 0.2) is 36.5 Å². The molecule has 0 amide bonds. The van der Waals surface area contributed by atoms with Gasteiger partial charge in [-0.1, -0.05) is 56.6 Å². The van der Waals surface area contributed by atoms with E-state index in [1.54, 1.807) is 6.08 Å². The van der Waals surface area contributed by atoms with Gasteiger partial charge in [-0.3, -0.25) is 4.79 Å². The van der Waals surface area contributed by atoms with Gasteiger partial charge in [0, 0.05) is 11.8 Å². The Labute approximate surface area is 145 Å². The van der Waals surface area contributed by atoms with Crippen molar-refractivity contribution in [2.75, 3.05) is 0 Å². The number of ketones is 1. The van der Waals surface area contributed by atoms with E-state index < -0.39 is 12.1 Å². The Morgan fingerprint density at radius 3 is 2.67 bits per heavy atom. The summed E-state index contributed by atoms with van der Waals surface area (Å²) >= 11 is 0. The molecule has 0 aromatic carbocycles. The molecule has 24 heavy (non-hydrogen) atoms. The molecule has 0 saturated carbocycles. The Bertz CT molecular complexity index is 476. The molecule has 0 radical (unpaired) electrons. The van der Waals surface area contributed by atoms with Gasteiger partial charge < -0.3 is 10.2 Å². The van der Waals surface area contributed by atoms with E-state index in [-0.39, 0.29) is 24.0 Å². The van der Waals surface area contributed by atoms with Crippen LogP contribution in [-0.2, 0) is 9.59 Å². The summed E-state index contributed by atoms with van der Waals surface area (Å²) in [6, 6.07) is 0. The van der Waals surface area contributed by atoms with E-state index in [2.05, 4.69) is 31.2 Å². The number of carboxylic acids is 1. The predicted octanol–water partition coefficient (Wildman–Crippen LogP) is 4.06. The van der Waals surface area contributed by atoms with Crippen molar-refractivity contribution in [3.63, 3.8) is 0 Å². The highest BCUT2D eigenvalue weighted by Crippen LogP contribution is 2.29. The minimum Gasteiger partial charge on any atom is -0.479 e. The average molecular weight is 334 g/mol. The van der Waals surface area contributed by atoms with Crippen molar-refractivity contribution in [1.29, 1.82) is 0 Å². The van der Waals surface area contributed by atoms with Crippen molar-refractivity contribution >= 4 is 11.8 Å². The first-order valence-corrected chi connectivity index (χ1v) is 9.00. The number of carboxylic acid groups (broad SMARTS) is 1. The van der Waals surface area contributed by atoms with E-state index in [4.69, 9.17) is 5.11 Å². The maximum absolute atomic E-state index is 12.0. The maximum atomic E-state index is 12.0. The zero-order valence-corrected chi connectivity index (χ0v) is 14.6. The molecule has 1 aliphatic rings. The number of hydrogen-bond donors (Lipinski definition) is 2. The normalized spacial score (nSPS) is 22.0. The fourth-order valence-corrected chi connectivity index (χ4v) is 2.92. The number of aliphatic hydroxyl groups is 1. The van der Waals surface area contributed by atoms with E-state index in [1.165, 1.54) is 0 Å². The fourth-order valence-electron chi connectivity index (χ4n) is 2.92. The summed E-state index contributed by atoms with van der Waals surface area (Å²) in [6.45, 7) is 2.12. The highest BCUT2D eigenvalue weighted by molar-refractivity contribution is 5.94. The molecule has 0 bridgehead atoms. The van der Waals surface area contributed by atoms with Gasteiger partial charge in [0.1, 0.15) is 0 Å². The van der Waals surface area contributed by atoms with Gasteiger partial charge >= 0.3 is 5.97 Å². The Kier molecular flexibility index (Phi) is 10.0. The van der Waals surface area contributed by atoms with Crippen LogP contribution >= 0.6 is 0 Å². The largest absolute Gasteiger partial charge is 0.479 e. The van der Waals surface area contributed by atoms with E-state index >= 15 is 0 Å². The van der Waals surface area contributed by atoms with Crippen molar-refractivity contribution < 1.29 is 19.8 Å². The van der Waals surface area contributed by atoms with Gasteiger partial charge in [0.15, 0.2) is 11.9 Å². The molecule has 0 fully saturated rings. The van der Waals surface area contributed by atoms with Crippen LogP contribution in [0.5, 0.6) is 0 Å². The number of allylic oxidation sites excluding steroid dienone is 6. The summed E-state index contributed by atoms with van der Waals surface area (Å²) in [5.74, 6) is -0.751. The molecule has 1 unspecified atom stereocenters. The minimum atomic E-state index is -1.27. The number of carbonyl (C=O) groups excluding carboxylic acids is 1. The van der Waals surface area contributed by atoms with Gasteiger partial charge in [-0.25, -0.2) is 4.79 Å². The molecule has 0 spiro atoms. The Hall–Kier alpha value is -1.68. The molecule has 1 rings (SSSR count). The molecule has 0 heterocycles. The standard InChI is InChI=1S/C20H30O4/c1-2-3-4-5-6-8-11-16-14-15-18(21)17(16)12-9-7-10-13-19(22)20(23)24/h3-4,8,11,14-17,19,22H,2,5-7,9-10,12-13H2,1H3,(H,23,24)/t16-,17+,19?/m0/s1. The Morgan fingerprint density at radius 1 is 1.21 bits per heavy atom. The number of carbonyl (C=O) groups is 2. The smallest absolute Gasteiger partial charge is 0.332 e. The zero-order valence-electron chi connectivity index (χ0n) is 14.6. The molecule has 0 aromatic rings. The van der Waals surface area contributed by atoms with Gasteiger partial charge in [0.25, 0.3) is 0 Å². The molecule has 4 heteroatoms. The van der Waals surface area contributed by atoms with Crippen LogP contribution in [0.1, 0.15) is 58.3 Å². The van der Waals surface area contributed by atoms with E-state index in [9.17, 15) is 14.7 Å². The van der Waals surface area contributed by atoms with Crippen molar-refractivity contribution in [3.8, 4) is 0 Å². The first-order valence-electron chi connectivity index (χ1n) is 9.00. The number of rotatable bonds is 12. The molecule has 2 N–H and O–H groups in total. The van der Waals surface area contributed by atoms with Gasteiger partial charge in [0.2, 0.25) is 0 Å². The number of aliphatic carboxylic acids is 1. The lowest BCUT2D eigenvalue weighted by molar-refractivity contribution is -0.146. The fraction of sp³-hybridized carbons (Fsp3) is 0.600. The lowest BCUT2D eigenvalue weighted by Crippen LogP contribution is -2.19. The highest BCUT2D eigenvalue weighted by Gasteiger charge is 2.27. The van der Waals surface area contributed by atoms with Gasteiger partial charge in [-0.15, -0.1) is 0 Å². The predicted molar refractivity (Wildman–Crippen MR) is 95.7 cm³/mol. The van der Waals surface area contributed by atoms with Crippen LogP contribution in [0.3, 0.4) is 0 Å². The lowest BCUT2D eigenvalue weighted by atomic mass is 9.88. The number of hydrogen-bond acceptors (Lipinski definition) is 3. The molecular formula is C20H30O4. The summed E-state index contributed by atoms with van der Waals surface area (Å²) in [6.07, 6.45) is 17.6. The topological polar surface area (TPSA) is 74.6 Å². The second-order valence-electron chi connectivity index (χ2n) is 6.32. The van der Waals surface area contributed by atoms with Crippen molar-refractivity contribution in [2.45, 2.75) is 64.4 Å². The SMILES string of the molecule is CCC=CCCC=C[C@H]1C=CC(=O)[C@@H]1CCCCCC(O)C(=O)O. The summed E-state index contributed by atoms with van der Waals surface area (Å²) in [4.78, 5) is 22.5. The van der Waals surface area contributed by atoms with Crippen molar-refractivity contribution in [3.05, 3.63) is 36.5 Å². The number of unbranched alkanes of at least 4 members (excludes halogenated alkanes) is 3. The molecule has 0 saturated heterocycles. The highest BCUT2D eigenvalue weighted by atomic mass is 16.4. The third kappa shape index (κ3) is 7.73. The third-order valence-electron chi connectivity index (χ3n) is 4.35. The summed E-state index contributed by atoms with van der Waals surface area (Å²) in [5.41, 5.74) is 0. The quantitative estimate of drug-likeness (QED) is 0.417. The molecule has 3 atom stereocenters.